The van der Waals surface area contributed by atoms with E-state index in [9.17, 15) is 4.79 Å². The topological polar surface area (TPSA) is 54.9 Å². The summed E-state index contributed by atoms with van der Waals surface area (Å²) < 4.78 is 11.8. The molecule has 8 heteroatoms. The molecule has 1 amide bonds. The normalized spacial score (nSPS) is 10.9. The van der Waals surface area contributed by atoms with Gasteiger partial charge in [0.05, 0.1) is 24.4 Å². The van der Waals surface area contributed by atoms with Gasteiger partial charge in [-0.3, -0.25) is 9.69 Å². The van der Waals surface area contributed by atoms with Gasteiger partial charge in [-0.1, -0.05) is 41.7 Å². The maximum Gasteiger partial charge on any atom is 0.260 e. The summed E-state index contributed by atoms with van der Waals surface area (Å²) in [5.41, 5.74) is 1.42. The Labute approximate surface area is 197 Å². The highest BCUT2D eigenvalue weighted by atomic mass is 35.5. The molecule has 168 valence electrons. The lowest BCUT2D eigenvalue weighted by atomic mass is 10.1. The van der Waals surface area contributed by atoms with E-state index in [4.69, 9.17) is 14.5 Å². The largest absolute Gasteiger partial charge is 0.493 e. The van der Waals surface area contributed by atoms with Crippen LogP contribution in [0.1, 0.15) is 10.4 Å². The van der Waals surface area contributed by atoms with Crippen molar-refractivity contribution in [1.29, 1.82) is 0 Å². The number of carbonyl (C=O) groups is 1. The van der Waals surface area contributed by atoms with Gasteiger partial charge >= 0.3 is 0 Å². The second-order valence-electron chi connectivity index (χ2n) is 7.49. The molecule has 0 bridgehead atoms. The minimum Gasteiger partial charge on any atom is -0.493 e. The Morgan fingerprint density at radius 2 is 1.62 bits per heavy atom. The summed E-state index contributed by atoms with van der Waals surface area (Å²) in [6.45, 7) is 1.26. The molecule has 0 aliphatic rings. The Kier molecular flexibility index (Phi) is 7.56. The average Bonchev–Trinajstić information content (AvgIpc) is 3.19. The number of thiazole rings is 1. The average molecular weight is 472 g/mol. The molecule has 0 aliphatic heterocycles. The van der Waals surface area contributed by atoms with Gasteiger partial charge in [0.25, 0.3) is 5.91 Å². The Morgan fingerprint density at radius 3 is 2.31 bits per heavy atom. The highest BCUT2D eigenvalue weighted by molar-refractivity contribution is 7.22. The summed E-state index contributed by atoms with van der Waals surface area (Å²) in [7, 11) is 7.20. The number of fused-ring (bicyclic) bond motifs is 2. The van der Waals surface area contributed by atoms with Gasteiger partial charge in [-0.05, 0) is 37.0 Å². The first-order chi connectivity index (χ1) is 15.0. The standard InChI is InChI=1S/C24H25N3O3S.ClH/c1-26(2)11-12-27(23(28)18-10-9-16-7-5-6-8-17(16)13-18)24-25-19-14-20(29-3)21(30-4)15-22(19)31-24;/h5-10,13-15H,11-12H2,1-4H3;1H. The lowest BCUT2D eigenvalue weighted by Gasteiger charge is -2.22. The highest BCUT2D eigenvalue weighted by Gasteiger charge is 2.22. The minimum absolute atomic E-state index is 0. The molecule has 3 aromatic carbocycles. The number of hydrogen-bond donors (Lipinski definition) is 0. The molecule has 4 rings (SSSR count). The zero-order valence-corrected chi connectivity index (χ0v) is 20.1. The van der Waals surface area contributed by atoms with E-state index in [0.717, 1.165) is 27.5 Å². The third-order valence-corrected chi connectivity index (χ3v) is 6.17. The van der Waals surface area contributed by atoms with Gasteiger partial charge in [0.1, 0.15) is 0 Å². The molecule has 1 aromatic heterocycles. The second-order valence-corrected chi connectivity index (χ2v) is 8.50. The predicted octanol–water partition coefficient (Wildman–Crippen LogP) is 5.10. The van der Waals surface area contributed by atoms with Crippen molar-refractivity contribution in [2.24, 2.45) is 0 Å². The molecule has 0 saturated carbocycles. The van der Waals surface area contributed by atoms with Crippen molar-refractivity contribution in [1.82, 2.24) is 9.88 Å². The number of anilines is 1. The van der Waals surface area contributed by atoms with E-state index >= 15 is 0 Å². The molecular formula is C24H26ClN3O3S. The molecule has 32 heavy (non-hydrogen) atoms. The molecule has 0 N–H and O–H groups in total. The summed E-state index contributed by atoms with van der Waals surface area (Å²) in [4.78, 5) is 22.1. The first-order valence-corrected chi connectivity index (χ1v) is 10.8. The van der Waals surface area contributed by atoms with Gasteiger partial charge in [-0.2, -0.15) is 0 Å². The lowest BCUT2D eigenvalue weighted by molar-refractivity contribution is 0.0985. The van der Waals surface area contributed by atoms with Crippen LogP contribution in [-0.4, -0.2) is 57.2 Å². The quantitative estimate of drug-likeness (QED) is 0.375. The number of hydrogen-bond acceptors (Lipinski definition) is 6. The molecule has 4 aromatic rings. The third-order valence-electron chi connectivity index (χ3n) is 5.13. The van der Waals surface area contributed by atoms with Gasteiger partial charge in [0.2, 0.25) is 0 Å². The number of carbonyl (C=O) groups excluding carboxylic acids is 1. The minimum atomic E-state index is -0.0643. The van der Waals surface area contributed by atoms with Crippen LogP contribution in [-0.2, 0) is 0 Å². The van der Waals surface area contributed by atoms with Crippen LogP contribution in [0.2, 0.25) is 0 Å². The number of halogens is 1. The Balaban J connectivity index is 0.00000289. The van der Waals surface area contributed by atoms with Crippen molar-refractivity contribution in [3.63, 3.8) is 0 Å². The van der Waals surface area contributed by atoms with E-state index in [0.29, 0.717) is 28.7 Å². The molecular weight excluding hydrogens is 446 g/mol. The van der Waals surface area contributed by atoms with Crippen LogP contribution in [0.3, 0.4) is 0 Å². The van der Waals surface area contributed by atoms with Crippen LogP contribution < -0.4 is 14.4 Å². The number of aromatic nitrogens is 1. The maximum absolute atomic E-state index is 13.5. The molecule has 0 saturated heterocycles. The summed E-state index contributed by atoms with van der Waals surface area (Å²) in [5, 5.41) is 2.81. The number of amides is 1. The Bertz CT molecular complexity index is 1200. The molecule has 0 spiro atoms. The third kappa shape index (κ3) is 4.80. The number of ether oxygens (including phenoxy) is 2. The SMILES string of the molecule is COc1cc2nc(N(CCN(C)C)C(=O)c3ccc4ccccc4c3)sc2cc1OC.Cl. The van der Waals surface area contributed by atoms with Crippen molar-refractivity contribution in [3.05, 3.63) is 60.2 Å². The van der Waals surface area contributed by atoms with Crippen LogP contribution in [0.25, 0.3) is 21.0 Å². The first kappa shape index (κ1) is 23.8. The van der Waals surface area contributed by atoms with Gasteiger partial charge in [0.15, 0.2) is 16.6 Å². The van der Waals surface area contributed by atoms with Crippen LogP contribution in [0, 0.1) is 0 Å². The summed E-state index contributed by atoms with van der Waals surface area (Å²) in [5.74, 6) is 1.20. The zero-order valence-electron chi connectivity index (χ0n) is 18.5. The van der Waals surface area contributed by atoms with Crippen LogP contribution in [0.15, 0.2) is 54.6 Å². The molecule has 1 heterocycles. The van der Waals surface area contributed by atoms with Crippen molar-refractivity contribution < 1.29 is 14.3 Å². The number of methoxy groups -OCH3 is 2. The van der Waals surface area contributed by atoms with Gasteiger partial charge in [0, 0.05) is 30.8 Å². The highest BCUT2D eigenvalue weighted by Crippen LogP contribution is 2.37. The predicted molar refractivity (Wildman–Crippen MR) is 134 cm³/mol. The monoisotopic (exact) mass is 471 g/mol. The van der Waals surface area contributed by atoms with Gasteiger partial charge < -0.3 is 14.4 Å². The summed E-state index contributed by atoms with van der Waals surface area (Å²) >= 11 is 1.47. The van der Waals surface area contributed by atoms with E-state index in [2.05, 4.69) is 4.90 Å². The fourth-order valence-corrected chi connectivity index (χ4v) is 4.42. The lowest BCUT2D eigenvalue weighted by Crippen LogP contribution is -2.36. The van der Waals surface area contributed by atoms with Crippen molar-refractivity contribution >= 4 is 55.8 Å². The molecule has 0 unspecified atom stereocenters. The van der Waals surface area contributed by atoms with Crippen molar-refractivity contribution in [2.45, 2.75) is 0 Å². The van der Waals surface area contributed by atoms with E-state index in [1.54, 1.807) is 19.1 Å². The second kappa shape index (κ2) is 10.2. The Hall–Kier alpha value is -2.87. The van der Waals surface area contributed by atoms with Gasteiger partial charge in [-0.25, -0.2) is 4.98 Å². The maximum atomic E-state index is 13.5. The van der Waals surface area contributed by atoms with Crippen LogP contribution in [0.5, 0.6) is 11.5 Å². The molecule has 6 nitrogen and oxygen atoms in total. The van der Waals surface area contributed by atoms with Crippen molar-refractivity contribution in [2.75, 3.05) is 46.3 Å². The molecule has 0 fully saturated rings. The molecule has 0 atom stereocenters. The fourth-order valence-electron chi connectivity index (χ4n) is 3.42. The van der Waals surface area contributed by atoms with Gasteiger partial charge in [-0.15, -0.1) is 12.4 Å². The smallest absolute Gasteiger partial charge is 0.260 e. The Morgan fingerprint density at radius 1 is 0.938 bits per heavy atom. The van der Waals surface area contributed by atoms with Crippen LogP contribution in [0.4, 0.5) is 5.13 Å². The van der Waals surface area contributed by atoms with E-state index < -0.39 is 0 Å². The number of benzene rings is 3. The number of likely N-dealkylation sites (N-methyl/N-ethyl adjacent to an activating group) is 1. The molecule has 0 radical (unpaired) electrons. The first-order valence-electron chi connectivity index (χ1n) is 9.98. The van der Waals surface area contributed by atoms with E-state index in [-0.39, 0.29) is 18.3 Å². The van der Waals surface area contributed by atoms with E-state index in [1.165, 1.54) is 11.3 Å². The number of rotatable bonds is 7. The number of nitrogens with zero attached hydrogens (tertiary/aromatic N) is 3. The van der Waals surface area contributed by atoms with E-state index in [1.807, 2.05) is 68.7 Å². The van der Waals surface area contributed by atoms with Crippen molar-refractivity contribution in [3.8, 4) is 11.5 Å². The summed E-state index contributed by atoms with van der Waals surface area (Å²) in [6.07, 6.45) is 0. The zero-order chi connectivity index (χ0) is 22.0. The van der Waals surface area contributed by atoms with Crippen LogP contribution >= 0.6 is 23.7 Å². The summed E-state index contributed by atoms with van der Waals surface area (Å²) in [6, 6.07) is 17.6. The molecule has 0 aliphatic carbocycles. The fraction of sp³-hybridized carbons (Fsp3) is 0.250.